The molecule has 0 saturated heterocycles. The van der Waals surface area contributed by atoms with Crippen LogP contribution in [0, 0.1) is 19.7 Å². The van der Waals surface area contributed by atoms with E-state index in [0.29, 0.717) is 33.8 Å². The van der Waals surface area contributed by atoms with Gasteiger partial charge in [0.2, 0.25) is 0 Å². The van der Waals surface area contributed by atoms with E-state index in [1.165, 1.54) is 24.3 Å². The first-order valence-electron chi connectivity index (χ1n) is 11.4. The van der Waals surface area contributed by atoms with E-state index in [1.807, 2.05) is 56.3 Å². The summed E-state index contributed by atoms with van der Waals surface area (Å²) in [4.78, 5) is 33.1. The Morgan fingerprint density at radius 2 is 1.31 bits per heavy atom. The van der Waals surface area contributed by atoms with E-state index in [2.05, 4.69) is 20.6 Å². The first-order valence-corrected chi connectivity index (χ1v) is 11.4. The number of H-pyrrole nitrogens is 1. The number of amides is 2. The fourth-order valence-electron chi connectivity index (χ4n) is 3.82. The number of anilines is 2. The van der Waals surface area contributed by atoms with Crippen molar-refractivity contribution in [3.05, 3.63) is 113 Å². The molecule has 0 radical (unpaired) electrons. The third-order valence-corrected chi connectivity index (χ3v) is 6.03. The van der Waals surface area contributed by atoms with E-state index in [-0.39, 0.29) is 17.6 Å². The molecule has 36 heavy (non-hydrogen) atoms. The van der Waals surface area contributed by atoms with Gasteiger partial charge in [-0.2, -0.15) is 0 Å². The zero-order chi connectivity index (χ0) is 25.2. The lowest BCUT2D eigenvalue weighted by molar-refractivity contribution is 0.101. The highest BCUT2D eigenvalue weighted by Gasteiger charge is 2.12. The van der Waals surface area contributed by atoms with Gasteiger partial charge in [0, 0.05) is 28.1 Å². The Labute approximate surface area is 207 Å². The third-order valence-electron chi connectivity index (χ3n) is 6.03. The first kappa shape index (κ1) is 23.0. The highest BCUT2D eigenvalue weighted by molar-refractivity contribution is 6.06. The number of nitrogens with one attached hydrogen (secondary N) is 3. The molecule has 178 valence electrons. The minimum atomic E-state index is -0.365. The number of aromatic nitrogens is 2. The van der Waals surface area contributed by atoms with Gasteiger partial charge in [-0.15, -0.1) is 0 Å². The largest absolute Gasteiger partial charge is 0.338 e. The predicted molar refractivity (Wildman–Crippen MR) is 140 cm³/mol. The lowest BCUT2D eigenvalue weighted by Gasteiger charge is -2.08. The Bertz CT molecular complexity index is 1590. The predicted octanol–water partition coefficient (Wildman–Crippen LogP) is 6.49. The maximum absolute atomic E-state index is 13.1. The van der Waals surface area contributed by atoms with Crippen molar-refractivity contribution in [2.45, 2.75) is 13.8 Å². The molecule has 0 aliphatic carbocycles. The van der Waals surface area contributed by atoms with E-state index < -0.39 is 0 Å². The van der Waals surface area contributed by atoms with Crippen LogP contribution in [-0.4, -0.2) is 21.8 Å². The van der Waals surface area contributed by atoms with Crippen LogP contribution in [0.1, 0.15) is 31.8 Å². The van der Waals surface area contributed by atoms with Gasteiger partial charge in [-0.1, -0.05) is 6.07 Å². The molecule has 0 unspecified atom stereocenters. The van der Waals surface area contributed by atoms with Crippen molar-refractivity contribution in [2.75, 3.05) is 10.6 Å². The van der Waals surface area contributed by atoms with Crippen LogP contribution in [0.3, 0.4) is 0 Å². The number of hydrogen-bond donors (Lipinski definition) is 3. The maximum atomic E-state index is 13.1. The molecule has 1 heterocycles. The van der Waals surface area contributed by atoms with Gasteiger partial charge in [-0.3, -0.25) is 9.59 Å². The molecule has 0 saturated carbocycles. The van der Waals surface area contributed by atoms with Crippen LogP contribution < -0.4 is 10.6 Å². The Hall–Kier alpha value is -4.78. The van der Waals surface area contributed by atoms with Crippen molar-refractivity contribution in [3.63, 3.8) is 0 Å². The second-order valence-corrected chi connectivity index (χ2v) is 8.61. The van der Waals surface area contributed by atoms with Gasteiger partial charge in [0.25, 0.3) is 11.8 Å². The zero-order valence-corrected chi connectivity index (χ0v) is 19.7. The molecule has 6 nitrogen and oxygen atoms in total. The lowest BCUT2D eigenvalue weighted by atomic mass is 10.1. The molecule has 2 amide bonds. The molecule has 0 spiro atoms. The molecule has 4 aromatic carbocycles. The SMILES string of the molecule is Cc1ccc(C(=O)Nc2ccc(-c3nc4ccc(C(=O)Nc5ccc(F)cc5)cc4[nH]3)cc2)cc1C. The molecule has 7 heteroatoms. The second-order valence-electron chi connectivity index (χ2n) is 8.61. The topological polar surface area (TPSA) is 86.9 Å². The number of nitrogens with zero attached hydrogens (tertiary/aromatic N) is 1. The molecular formula is C29H23FN4O2. The third kappa shape index (κ3) is 4.86. The lowest BCUT2D eigenvalue weighted by Crippen LogP contribution is -2.12. The summed E-state index contributed by atoms with van der Waals surface area (Å²) < 4.78 is 13.1. The fraction of sp³-hybridized carbons (Fsp3) is 0.0690. The van der Waals surface area contributed by atoms with Gasteiger partial charge in [-0.05, 0) is 104 Å². The van der Waals surface area contributed by atoms with E-state index in [9.17, 15) is 14.0 Å². The molecule has 0 atom stereocenters. The Morgan fingerprint density at radius 1 is 0.722 bits per heavy atom. The van der Waals surface area contributed by atoms with Crippen molar-refractivity contribution in [1.82, 2.24) is 9.97 Å². The number of carbonyl (C=O) groups is 2. The summed E-state index contributed by atoms with van der Waals surface area (Å²) in [6.45, 7) is 3.99. The number of halogens is 1. The minimum absolute atomic E-state index is 0.166. The molecule has 0 fully saturated rings. The normalized spacial score (nSPS) is 10.9. The fourth-order valence-corrected chi connectivity index (χ4v) is 3.82. The van der Waals surface area contributed by atoms with E-state index in [1.54, 1.807) is 18.2 Å². The number of hydrogen-bond acceptors (Lipinski definition) is 3. The second kappa shape index (κ2) is 9.46. The monoisotopic (exact) mass is 478 g/mol. The average Bonchev–Trinajstić information content (AvgIpc) is 3.31. The van der Waals surface area contributed by atoms with Crippen molar-refractivity contribution in [2.24, 2.45) is 0 Å². The molecule has 0 aliphatic heterocycles. The van der Waals surface area contributed by atoms with Gasteiger partial charge in [0.1, 0.15) is 11.6 Å². The van der Waals surface area contributed by atoms with Gasteiger partial charge in [-0.25, -0.2) is 9.37 Å². The molecule has 0 aliphatic rings. The molecule has 3 N–H and O–H groups in total. The maximum Gasteiger partial charge on any atom is 0.255 e. The van der Waals surface area contributed by atoms with Crippen molar-refractivity contribution < 1.29 is 14.0 Å². The summed E-state index contributed by atoms with van der Waals surface area (Å²) >= 11 is 0. The van der Waals surface area contributed by atoms with Gasteiger partial charge >= 0.3 is 0 Å². The Balaban J connectivity index is 1.30. The van der Waals surface area contributed by atoms with Crippen LogP contribution in [0.25, 0.3) is 22.4 Å². The van der Waals surface area contributed by atoms with E-state index in [0.717, 1.165) is 22.2 Å². The minimum Gasteiger partial charge on any atom is -0.338 e. The molecule has 0 bridgehead atoms. The average molecular weight is 479 g/mol. The van der Waals surface area contributed by atoms with Crippen LogP contribution in [0.4, 0.5) is 15.8 Å². The highest BCUT2D eigenvalue weighted by atomic mass is 19.1. The summed E-state index contributed by atoms with van der Waals surface area (Å²) in [6.07, 6.45) is 0. The van der Waals surface area contributed by atoms with Crippen LogP contribution >= 0.6 is 0 Å². The number of rotatable bonds is 5. The first-order chi connectivity index (χ1) is 17.4. The highest BCUT2D eigenvalue weighted by Crippen LogP contribution is 2.24. The van der Waals surface area contributed by atoms with Crippen LogP contribution in [0.5, 0.6) is 0 Å². The van der Waals surface area contributed by atoms with Crippen molar-refractivity contribution >= 4 is 34.2 Å². The summed E-state index contributed by atoms with van der Waals surface area (Å²) in [6, 6.07) is 23.8. The number of benzene rings is 4. The summed E-state index contributed by atoms with van der Waals surface area (Å²) in [5, 5.41) is 5.67. The van der Waals surface area contributed by atoms with Gasteiger partial charge < -0.3 is 15.6 Å². The quantitative estimate of drug-likeness (QED) is 0.270. The van der Waals surface area contributed by atoms with Crippen molar-refractivity contribution in [1.29, 1.82) is 0 Å². The van der Waals surface area contributed by atoms with Crippen LogP contribution in [-0.2, 0) is 0 Å². The van der Waals surface area contributed by atoms with Crippen LogP contribution in [0.15, 0.2) is 84.9 Å². The standard InChI is InChI=1S/C29H23FN4O2/c1-17-3-4-20(15-18(17)2)28(35)31-23-10-5-19(6-11-23)27-33-25-14-7-21(16-26(25)34-27)29(36)32-24-12-8-22(30)9-13-24/h3-16H,1-2H3,(H,31,35)(H,32,36)(H,33,34). The number of aryl methyl sites for hydroxylation is 2. The van der Waals surface area contributed by atoms with Gasteiger partial charge in [0.05, 0.1) is 11.0 Å². The number of aromatic amines is 1. The molecule has 1 aromatic heterocycles. The molecule has 5 aromatic rings. The molecule has 5 rings (SSSR count). The smallest absolute Gasteiger partial charge is 0.255 e. The summed E-state index contributed by atoms with van der Waals surface area (Å²) in [5.74, 6) is -0.186. The zero-order valence-electron chi connectivity index (χ0n) is 19.7. The van der Waals surface area contributed by atoms with E-state index in [4.69, 9.17) is 0 Å². The van der Waals surface area contributed by atoms with Crippen molar-refractivity contribution in [3.8, 4) is 11.4 Å². The molecular weight excluding hydrogens is 455 g/mol. The van der Waals surface area contributed by atoms with E-state index >= 15 is 0 Å². The summed E-state index contributed by atoms with van der Waals surface area (Å²) in [7, 11) is 0. The number of imidazole rings is 1. The summed E-state index contributed by atoms with van der Waals surface area (Å²) in [5.41, 5.74) is 6.73. The Morgan fingerprint density at radius 3 is 1.94 bits per heavy atom. The number of carbonyl (C=O) groups excluding carboxylic acids is 2. The number of fused-ring (bicyclic) bond motifs is 1. The van der Waals surface area contributed by atoms with Crippen LogP contribution in [0.2, 0.25) is 0 Å². The van der Waals surface area contributed by atoms with Gasteiger partial charge in [0.15, 0.2) is 0 Å². The Kier molecular flexibility index (Phi) is 6.04.